The van der Waals surface area contributed by atoms with Gasteiger partial charge in [0.05, 0.1) is 0 Å². The van der Waals surface area contributed by atoms with Gasteiger partial charge in [0.15, 0.2) is 12.1 Å². The Bertz CT molecular complexity index is 1020. The largest absolute Gasteiger partial charge is 0.465 e. The first-order valence-corrected chi connectivity index (χ1v) is 11.7. The molecule has 0 aliphatic rings. The van der Waals surface area contributed by atoms with Crippen LogP contribution in [0.15, 0.2) is 72.8 Å². The van der Waals surface area contributed by atoms with Gasteiger partial charge in [-0.3, -0.25) is 4.79 Å². The first-order chi connectivity index (χ1) is 16.5. The lowest BCUT2D eigenvalue weighted by Gasteiger charge is -2.20. The molecule has 4 unspecified atom stereocenters. The molecular formula is C29H36O6. The third-order valence-electron chi connectivity index (χ3n) is 5.33. The molecule has 0 fully saturated rings. The van der Waals surface area contributed by atoms with Crippen molar-refractivity contribution in [2.45, 2.75) is 72.6 Å². The van der Waals surface area contributed by atoms with Crippen molar-refractivity contribution >= 4 is 11.8 Å². The van der Waals surface area contributed by atoms with Crippen LogP contribution in [0.5, 0.6) is 11.5 Å². The van der Waals surface area contributed by atoms with Gasteiger partial charge in [-0.05, 0) is 81.0 Å². The summed E-state index contributed by atoms with van der Waals surface area (Å²) in [6.45, 7) is 17.8. The molecule has 0 spiro atoms. The van der Waals surface area contributed by atoms with Crippen molar-refractivity contribution in [3.8, 4) is 11.5 Å². The molecule has 0 heterocycles. The Morgan fingerprint density at radius 1 is 0.771 bits per heavy atom. The molecule has 0 aliphatic heterocycles. The number of ether oxygens (including phenoxy) is 4. The first-order valence-electron chi connectivity index (χ1n) is 11.7. The second-order valence-corrected chi connectivity index (χ2v) is 8.80. The van der Waals surface area contributed by atoms with Crippen molar-refractivity contribution in [1.29, 1.82) is 0 Å². The summed E-state index contributed by atoms with van der Waals surface area (Å²) in [5.74, 6) is 0.971. The van der Waals surface area contributed by atoms with Gasteiger partial charge in [0.25, 0.3) is 0 Å². The fraction of sp³-hybridized carbons (Fsp3) is 0.379. The molecule has 188 valence electrons. The number of carbonyl (C=O) groups is 2. The van der Waals surface area contributed by atoms with Crippen LogP contribution >= 0.6 is 0 Å². The summed E-state index contributed by atoms with van der Waals surface area (Å²) < 4.78 is 22.2. The quantitative estimate of drug-likeness (QED) is 0.194. The van der Waals surface area contributed by atoms with E-state index in [-0.39, 0.29) is 11.7 Å². The van der Waals surface area contributed by atoms with E-state index in [1.54, 1.807) is 34.6 Å². The molecule has 6 nitrogen and oxygen atoms in total. The van der Waals surface area contributed by atoms with E-state index < -0.39 is 24.7 Å². The summed E-state index contributed by atoms with van der Waals surface area (Å²) in [5, 5.41) is 0. The van der Waals surface area contributed by atoms with Crippen LogP contribution in [0, 0.1) is 0 Å². The summed E-state index contributed by atoms with van der Waals surface area (Å²) in [7, 11) is 0. The Hall–Kier alpha value is -3.38. The zero-order valence-electron chi connectivity index (χ0n) is 21.5. The normalized spacial score (nSPS) is 14.2. The average molecular weight is 481 g/mol. The lowest BCUT2D eigenvalue weighted by Crippen LogP contribution is -2.28. The molecule has 2 aromatic rings. The Morgan fingerprint density at radius 3 is 1.80 bits per heavy atom. The van der Waals surface area contributed by atoms with E-state index in [4.69, 9.17) is 18.9 Å². The van der Waals surface area contributed by atoms with Gasteiger partial charge in [-0.2, -0.15) is 0 Å². The minimum Gasteiger partial charge on any atom is -0.465 e. The second kappa shape index (κ2) is 12.9. The molecule has 0 aliphatic carbocycles. The van der Waals surface area contributed by atoms with Gasteiger partial charge in [-0.25, -0.2) is 4.79 Å². The van der Waals surface area contributed by atoms with E-state index in [0.717, 1.165) is 12.0 Å². The summed E-state index contributed by atoms with van der Waals surface area (Å²) >= 11 is 0. The average Bonchev–Trinajstić information content (AvgIpc) is 2.79. The lowest BCUT2D eigenvalue weighted by atomic mass is 9.94. The van der Waals surface area contributed by atoms with Crippen LogP contribution < -0.4 is 9.47 Å². The van der Waals surface area contributed by atoms with Crippen LogP contribution in [0.25, 0.3) is 0 Å². The van der Waals surface area contributed by atoms with E-state index in [2.05, 4.69) is 20.1 Å². The van der Waals surface area contributed by atoms with Crippen molar-refractivity contribution in [2.24, 2.45) is 0 Å². The Kier molecular flexibility index (Phi) is 10.3. The monoisotopic (exact) mass is 480 g/mol. The van der Waals surface area contributed by atoms with E-state index in [0.29, 0.717) is 22.6 Å². The maximum Gasteiger partial charge on any atom is 0.336 e. The maximum absolute atomic E-state index is 11.9. The highest BCUT2D eigenvalue weighted by atomic mass is 16.7. The van der Waals surface area contributed by atoms with E-state index in [1.165, 1.54) is 5.56 Å². The Balaban J connectivity index is 1.87. The molecule has 0 saturated heterocycles. The summed E-state index contributed by atoms with van der Waals surface area (Å²) in [6, 6.07) is 15.6. The highest BCUT2D eigenvalue weighted by Gasteiger charge is 2.18. The van der Waals surface area contributed by atoms with E-state index >= 15 is 0 Å². The summed E-state index contributed by atoms with van der Waals surface area (Å²) in [6.07, 6.45) is -1.02. The van der Waals surface area contributed by atoms with Gasteiger partial charge in [0.1, 0.15) is 17.6 Å². The third-order valence-corrected chi connectivity index (χ3v) is 5.33. The maximum atomic E-state index is 11.9. The molecule has 35 heavy (non-hydrogen) atoms. The number of Topliss-reactive ketones (excluding diaryl/α,β-unsaturated/α-hetero) is 1. The van der Waals surface area contributed by atoms with Gasteiger partial charge >= 0.3 is 5.97 Å². The Morgan fingerprint density at radius 2 is 1.29 bits per heavy atom. The van der Waals surface area contributed by atoms with Crippen LogP contribution in [0.3, 0.4) is 0 Å². The number of benzene rings is 2. The van der Waals surface area contributed by atoms with E-state index in [1.807, 2.05) is 48.5 Å². The molecule has 6 heteroatoms. The van der Waals surface area contributed by atoms with E-state index in [9.17, 15) is 9.59 Å². The number of esters is 1. The summed E-state index contributed by atoms with van der Waals surface area (Å²) in [5.41, 5.74) is 3.13. The molecule has 0 saturated carbocycles. The number of carbonyl (C=O) groups excluding carboxylic acids is 2. The van der Waals surface area contributed by atoms with Crippen LogP contribution in [0.2, 0.25) is 0 Å². The summed E-state index contributed by atoms with van der Waals surface area (Å²) in [4.78, 5) is 23.5. The molecule has 2 rings (SSSR count). The fourth-order valence-corrected chi connectivity index (χ4v) is 3.43. The van der Waals surface area contributed by atoms with Gasteiger partial charge in [-0.1, -0.05) is 44.3 Å². The van der Waals surface area contributed by atoms with Gasteiger partial charge < -0.3 is 18.9 Å². The predicted molar refractivity (Wildman–Crippen MR) is 136 cm³/mol. The van der Waals surface area contributed by atoms with Crippen LogP contribution in [-0.2, 0) is 25.5 Å². The predicted octanol–water partition coefficient (Wildman–Crippen LogP) is 6.15. The first kappa shape index (κ1) is 27.9. The van der Waals surface area contributed by atoms with Crippen molar-refractivity contribution in [3.63, 3.8) is 0 Å². The fourth-order valence-electron chi connectivity index (χ4n) is 3.43. The molecule has 4 atom stereocenters. The molecule has 0 bridgehead atoms. The van der Waals surface area contributed by atoms with Gasteiger partial charge in [0, 0.05) is 12.5 Å². The van der Waals surface area contributed by atoms with Crippen LogP contribution in [-0.4, -0.2) is 30.4 Å². The molecule has 2 aromatic carbocycles. The minimum atomic E-state index is -0.701. The third kappa shape index (κ3) is 9.06. The number of hydrogen-bond acceptors (Lipinski definition) is 6. The minimum absolute atomic E-state index is 0.134. The van der Waals surface area contributed by atoms with Crippen molar-refractivity contribution < 1.29 is 28.5 Å². The molecule has 0 N–H and O–H groups in total. The standard InChI is InChI=1S/C29H36O6/c1-18(2)28(30)21(6)32-22(7)33-27-15-11-25(12-16-27)20(5)17-24-9-13-26(14-10-24)34-23(8)35-29(31)19(3)4/h9-16,20-23H,1,3,17H2,2,4-8H3. The van der Waals surface area contributed by atoms with Crippen LogP contribution in [0.1, 0.15) is 58.6 Å². The topological polar surface area (TPSA) is 71.1 Å². The van der Waals surface area contributed by atoms with Crippen LogP contribution in [0.4, 0.5) is 0 Å². The number of ketones is 1. The highest BCUT2D eigenvalue weighted by molar-refractivity contribution is 5.97. The molecule has 0 aromatic heterocycles. The van der Waals surface area contributed by atoms with Crippen molar-refractivity contribution in [2.75, 3.05) is 0 Å². The molecule has 0 radical (unpaired) electrons. The number of rotatable bonds is 13. The van der Waals surface area contributed by atoms with Crippen molar-refractivity contribution in [1.82, 2.24) is 0 Å². The van der Waals surface area contributed by atoms with Crippen molar-refractivity contribution in [3.05, 3.63) is 84.0 Å². The lowest BCUT2D eigenvalue weighted by molar-refractivity contribution is -0.156. The smallest absolute Gasteiger partial charge is 0.336 e. The van der Waals surface area contributed by atoms with Gasteiger partial charge in [-0.15, -0.1) is 0 Å². The number of hydrogen-bond donors (Lipinski definition) is 0. The SMILES string of the molecule is C=C(C)C(=O)OC(C)Oc1ccc(CC(C)c2ccc(OC(C)OC(C)C(=O)C(=C)C)cc2)cc1. The highest BCUT2D eigenvalue weighted by Crippen LogP contribution is 2.25. The molecular weight excluding hydrogens is 444 g/mol. The second-order valence-electron chi connectivity index (χ2n) is 8.80. The molecule has 0 amide bonds. The zero-order valence-corrected chi connectivity index (χ0v) is 21.5. The van der Waals surface area contributed by atoms with Gasteiger partial charge in [0.2, 0.25) is 6.29 Å². The zero-order chi connectivity index (χ0) is 26.1. The Labute approximate surface area is 208 Å².